The van der Waals surface area contributed by atoms with Gasteiger partial charge in [0.15, 0.2) is 5.65 Å². The fourth-order valence-electron chi connectivity index (χ4n) is 3.58. The third-order valence-corrected chi connectivity index (χ3v) is 6.92. The molecule has 0 radical (unpaired) electrons. The van der Waals surface area contributed by atoms with Crippen LogP contribution in [0.25, 0.3) is 33.3 Å². The summed E-state index contributed by atoms with van der Waals surface area (Å²) in [6.45, 7) is 0. The van der Waals surface area contributed by atoms with Crippen LogP contribution in [-0.2, 0) is 10.0 Å². The Morgan fingerprint density at radius 2 is 1.69 bits per heavy atom. The van der Waals surface area contributed by atoms with E-state index in [-0.39, 0.29) is 4.90 Å². The lowest BCUT2D eigenvalue weighted by Crippen LogP contribution is -2.12. The number of hydrogen-bond acceptors (Lipinski definition) is 6. The van der Waals surface area contributed by atoms with Crippen molar-refractivity contribution < 1.29 is 8.42 Å². The van der Waals surface area contributed by atoms with Crippen molar-refractivity contribution in [3.8, 4) is 22.3 Å². The standard InChI is InChI=1S/C23H20N6O2S/c1-28(2)22-9-8-16(11-24-22)17-10-20-21(18-13-26-27-14-18)15-29(23(20)25-12-17)32(30,31)19-6-4-3-5-7-19/h3-15H,1-2H3,(H,26,27). The van der Waals surface area contributed by atoms with Gasteiger partial charge in [-0.1, -0.05) is 18.2 Å². The SMILES string of the molecule is CN(C)c1ccc(-c2cnc3c(c2)c(-c2cn[nH]c2)cn3S(=O)(=O)c2ccccc2)cn1. The average Bonchev–Trinajstić information content (AvgIpc) is 3.47. The van der Waals surface area contributed by atoms with Gasteiger partial charge < -0.3 is 4.90 Å². The smallest absolute Gasteiger partial charge is 0.269 e. The van der Waals surface area contributed by atoms with Gasteiger partial charge in [0, 0.05) is 66.5 Å². The summed E-state index contributed by atoms with van der Waals surface area (Å²) in [5.41, 5.74) is 3.58. The molecule has 4 heterocycles. The molecule has 32 heavy (non-hydrogen) atoms. The molecule has 5 aromatic rings. The normalized spacial score (nSPS) is 11.7. The Labute approximate surface area is 185 Å². The third kappa shape index (κ3) is 3.32. The Hall–Kier alpha value is -3.98. The molecule has 0 unspecified atom stereocenters. The molecule has 0 spiro atoms. The number of hydrogen-bond donors (Lipinski definition) is 1. The second-order valence-electron chi connectivity index (χ2n) is 7.54. The Balaban J connectivity index is 1.71. The van der Waals surface area contributed by atoms with Crippen LogP contribution < -0.4 is 4.90 Å². The summed E-state index contributed by atoms with van der Waals surface area (Å²) >= 11 is 0. The van der Waals surface area contributed by atoms with Gasteiger partial charge in [-0.05, 0) is 30.3 Å². The molecule has 1 N–H and O–H groups in total. The van der Waals surface area contributed by atoms with Crippen molar-refractivity contribution in [3.05, 3.63) is 79.5 Å². The van der Waals surface area contributed by atoms with Crippen LogP contribution in [0.4, 0.5) is 5.82 Å². The highest BCUT2D eigenvalue weighted by Crippen LogP contribution is 2.34. The van der Waals surface area contributed by atoms with Gasteiger partial charge in [0.2, 0.25) is 0 Å². The van der Waals surface area contributed by atoms with Gasteiger partial charge in [0.1, 0.15) is 5.82 Å². The van der Waals surface area contributed by atoms with Crippen LogP contribution >= 0.6 is 0 Å². The first kappa shape index (κ1) is 20.0. The van der Waals surface area contributed by atoms with Gasteiger partial charge in [-0.3, -0.25) is 5.10 Å². The van der Waals surface area contributed by atoms with Crippen LogP contribution in [0.15, 0.2) is 84.4 Å². The van der Waals surface area contributed by atoms with Gasteiger partial charge >= 0.3 is 0 Å². The highest BCUT2D eigenvalue weighted by molar-refractivity contribution is 7.90. The maximum Gasteiger partial charge on any atom is 0.269 e. The highest BCUT2D eigenvalue weighted by Gasteiger charge is 2.23. The molecule has 4 aromatic heterocycles. The minimum absolute atomic E-state index is 0.199. The molecule has 8 nitrogen and oxygen atoms in total. The zero-order chi connectivity index (χ0) is 22.3. The van der Waals surface area contributed by atoms with Crippen LogP contribution in [0.5, 0.6) is 0 Å². The van der Waals surface area contributed by atoms with Crippen molar-refractivity contribution >= 4 is 26.9 Å². The Bertz CT molecular complexity index is 1490. The van der Waals surface area contributed by atoms with E-state index in [1.807, 2.05) is 37.2 Å². The topological polar surface area (TPSA) is 96.8 Å². The number of pyridine rings is 2. The van der Waals surface area contributed by atoms with Crippen molar-refractivity contribution in [2.75, 3.05) is 19.0 Å². The third-order valence-electron chi connectivity index (χ3n) is 5.26. The Morgan fingerprint density at radius 3 is 2.34 bits per heavy atom. The molecule has 0 amide bonds. The number of nitrogens with one attached hydrogen (secondary N) is 1. The van der Waals surface area contributed by atoms with E-state index < -0.39 is 10.0 Å². The lowest BCUT2D eigenvalue weighted by atomic mass is 10.1. The van der Waals surface area contributed by atoms with Crippen molar-refractivity contribution in [2.45, 2.75) is 4.90 Å². The number of fused-ring (bicyclic) bond motifs is 1. The molecular weight excluding hydrogens is 424 g/mol. The van der Waals surface area contributed by atoms with Crippen molar-refractivity contribution in [1.29, 1.82) is 0 Å². The molecular formula is C23H20N6O2S. The number of benzene rings is 1. The first-order valence-electron chi connectivity index (χ1n) is 9.90. The summed E-state index contributed by atoms with van der Waals surface area (Å²) in [5, 5.41) is 7.52. The first-order chi connectivity index (χ1) is 15.4. The molecule has 0 atom stereocenters. The zero-order valence-corrected chi connectivity index (χ0v) is 18.3. The quantitative estimate of drug-likeness (QED) is 0.443. The number of aromatic amines is 1. The second kappa shape index (κ2) is 7.61. The van der Waals surface area contributed by atoms with Crippen LogP contribution in [-0.4, -0.2) is 46.7 Å². The van der Waals surface area contributed by atoms with Gasteiger partial charge in [0.05, 0.1) is 11.1 Å². The van der Waals surface area contributed by atoms with Crippen molar-refractivity contribution in [1.82, 2.24) is 24.1 Å². The molecule has 0 aliphatic rings. The molecule has 160 valence electrons. The number of nitrogens with zero attached hydrogens (tertiary/aromatic N) is 5. The largest absolute Gasteiger partial charge is 0.363 e. The van der Waals surface area contributed by atoms with E-state index in [4.69, 9.17) is 0 Å². The number of anilines is 1. The summed E-state index contributed by atoms with van der Waals surface area (Å²) in [6.07, 6.45) is 8.45. The van der Waals surface area contributed by atoms with E-state index in [2.05, 4.69) is 20.2 Å². The first-order valence-corrected chi connectivity index (χ1v) is 11.3. The van der Waals surface area contributed by atoms with E-state index in [0.717, 1.165) is 28.1 Å². The molecule has 0 fully saturated rings. The Morgan fingerprint density at radius 1 is 0.906 bits per heavy atom. The van der Waals surface area contributed by atoms with Gasteiger partial charge in [-0.2, -0.15) is 5.10 Å². The summed E-state index contributed by atoms with van der Waals surface area (Å²) in [6, 6.07) is 14.2. The van der Waals surface area contributed by atoms with Crippen LogP contribution in [0.1, 0.15) is 0 Å². The fourth-order valence-corrected chi connectivity index (χ4v) is 4.92. The van der Waals surface area contributed by atoms with Crippen LogP contribution in [0.3, 0.4) is 0 Å². The average molecular weight is 445 g/mol. The zero-order valence-electron chi connectivity index (χ0n) is 17.5. The minimum atomic E-state index is -3.82. The molecule has 9 heteroatoms. The van der Waals surface area contributed by atoms with E-state index >= 15 is 0 Å². The number of aromatic nitrogens is 5. The maximum atomic E-state index is 13.4. The maximum absolute atomic E-state index is 13.4. The second-order valence-corrected chi connectivity index (χ2v) is 9.35. The fraction of sp³-hybridized carbons (Fsp3) is 0.0870. The van der Waals surface area contributed by atoms with Crippen LogP contribution in [0.2, 0.25) is 0 Å². The van der Waals surface area contributed by atoms with Gasteiger partial charge in [0.25, 0.3) is 10.0 Å². The molecule has 0 aliphatic carbocycles. The van der Waals surface area contributed by atoms with Crippen molar-refractivity contribution in [2.24, 2.45) is 0 Å². The molecule has 5 rings (SSSR count). The van der Waals surface area contributed by atoms with Gasteiger partial charge in [-0.15, -0.1) is 0 Å². The minimum Gasteiger partial charge on any atom is -0.363 e. The molecule has 1 aromatic carbocycles. The number of H-pyrrole nitrogens is 1. The van der Waals surface area contributed by atoms with Crippen molar-refractivity contribution in [3.63, 3.8) is 0 Å². The Kier molecular flexibility index (Phi) is 4.75. The number of rotatable bonds is 5. The van der Waals surface area contributed by atoms with Crippen LogP contribution in [0, 0.1) is 0 Å². The van der Waals surface area contributed by atoms with E-state index in [1.54, 1.807) is 61.3 Å². The predicted octanol–water partition coefficient (Wildman–Crippen LogP) is 3.79. The summed E-state index contributed by atoms with van der Waals surface area (Å²) in [5.74, 6) is 0.849. The highest BCUT2D eigenvalue weighted by atomic mass is 32.2. The van der Waals surface area contributed by atoms with Gasteiger partial charge in [-0.25, -0.2) is 22.4 Å². The monoisotopic (exact) mass is 444 g/mol. The lowest BCUT2D eigenvalue weighted by Gasteiger charge is -2.11. The molecule has 0 aliphatic heterocycles. The molecule has 0 saturated heterocycles. The molecule has 0 saturated carbocycles. The summed E-state index contributed by atoms with van der Waals surface area (Å²) < 4.78 is 28.0. The van der Waals surface area contributed by atoms with E-state index in [1.165, 1.54) is 3.97 Å². The predicted molar refractivity (Wildman–Crippen MR) is 124 cm³/mol. The van der Waals surface area contributed by atoms with E-state index in [0.29, 0.717) is 11.0 Å². The summed E-state index contributed by atoms with van der Waals surface area (Å²) in [4.78, 5) is 11.2. The summed E-state index contributed by atoms with van der Waals surface area (Å²) in [7, 11) is 0.0437. The lowest BCUT2D eigenvalue weighted by molar-refractivity contribution is 0.589. The van der Waals surface area contributed by atoms with E-state index in [9.17, 15) is 8.42 Å². The molecule has 0 bridgehead atoms.